The zero-order chi connectivity index (χ0) is 15.4. The molecule has 1 aromatic carbocycles. The molecule has 0 unspecified atom stereocenters. The van der Waals surface area contributed by atoms with E-state index in [2.05, 4.69) is 10.2 Å². The van der Waals surface area contributed by atoms with Crippen LogP contribution >= 0.6 is 0 Å². The van der Waals surface area contributed by atoms with E-state index in [1.807, 2.05) is 6.07 Å². The number of halogens is 1. The quantitative estimate of drug-likeness (QED) is 0.907. The fourth-order valence-corrected chi connectivity index (χ4v) is 5.35. The van der Waals surface area contributed by atoms with Crippen molar-refractivity contribution in [2.24, 2.45) is 5.92 Å². The van der Waals surface area contributed by atoms with Gasteiger partial charge in [0.2, 0.25) is 0 Å². The third kappa shape index (κ3) is 2.30. The summed E-state index contributed by atoms with van der Waals surface area (Å²) in [5.74, 6) is 0.641. The molecular formula is C19H25FN2O. The fourth-order valence-electron chi connectivity index (χ4n) is 5.35. The van der Waals surface area contributed by atoms with Crippen LogP contribution < -0.4 is 5.32 Å². The van der Waals surface area contributed by atoms with Crippen LogP contribution in [0.15, 0.2) is 18.2 Å². The Morgan fingerprint density at radius 2 is 2.13 bits per heavy atom. The second-order valence-electron chi connectivity index (χ2n) is 7.99. The van der Waals surface area contributed by atoms with Gasteiger partial charge in [0.1, 0.15) is 5.82 Å². The molecule has 1 aromatic rings. The third-order valence-electron chi connectivity index (χ3n) is 6.71. The summed E-state index contributed by atoms with van der Waals surface area (Å²) in [5.41, 5.74) is 2.50. The van der Waals surface area contributed by atoms with E-state index in [1.54, 1.807) is 12.1 Å². The average molecular weight is 316 g/mol. The number of hydrogen-bond acceptors (Lipinski definition) is 3. The lowest BCUT2D eigenvalue weighted by molar-refractivity contribution is 0.0768. The highest BCUT2D eigenvalue weighted by molar-refractivity contribution is 5.60. The van der Waals surface area contributed by atoms with Gasteiger partial charge < -0.3 is 15.0 Å². The van der Waals surface area contributed by atoms with Crippen molar-refractivity contribution in [2.45, 2.75) is 49.7 Å². The Morgan fingerprint density at radius 3 is 2.87 bits per heavy atom. The van der Waals surface area contributed by atoms with Crippen LogP contribution in [0.4, 0.5) is 10.1 Å². The first-order chi connectivity index (χ1) is 11.2. The number of piperidine rings is 1. The number of rotatable bonds is 2. The van der Waals surface area contributed by atoms with Crippen molar-refractivity contribution >= 4 is 5.69 Å². The Morgan fingerprint density at radius 1 is 1.26 bits per heavy atom. The highest BCUT2D eigenvalue weighted by atomic mass is 19.1. The van der Waals surface area contributed by atoms with Gasteiger partial charge in [0.05, 0.1) is 12.2 Å². The molecule has 4 heteroatoms. The first-order valence-electron chi connectivity index (χ1n) is 9.14. The van der Waals surface area contributed by atoms with E-state index < -0.39 is 0 Å². The summed E-state index contributed by atoms with van der Waals surface area (Å²) in [7, 11) is 0. The van der Waals surface area contributed by atoms with Gasteiger partial charge in [-0.15, -0.1) is 0 Å². The fraction of sp³-hybridized carbons (Fsp3) is 0.684. The minimum atomic E-state index is -0.103. The molecule has 3 saturated heterocycles. The number of anilines is 1. The SMILES string of the molecule is Fc1ccc2c(c1)C1(CCN(C[C@H]3C[C@H]4CC[C@H]3O4)CC1)CN2. The van der Waals surface area contributed by atoms with Crippen LogP contribution in [-0.2, 0) is 10.2 Å². The Balaban J connectivity index is 1.26. The molecule has 1 spiro atoms. The molecule has 4 heterocycles. The van der Waals surface area contributed by atoms with Crippen LogP contribution in [0.1, 0.15) is 37.7 Å². The van der Waals surface area contributed by atoms with Crippen LogP contribution in [0.5, 0.6) is 0 Å². The summed E-state index contributed by atoms with van der Waals surface area (Å²) in [6.45, 7) is 4.43. The molecule has 124 valence electrons. The zero-order valence-electron chi connectivity index (χ0n) is 13.6. The molecule has 4 aliphatic heterocycles. The molecule has 1 N–H and O–H groups in total. The monoisotopic (exact) mass is 316 g/mol. The summed E-state index contributed by atoms with van der Waals surface area (Å²) in [4.78, 5) is 2.62. The minimum absolute atomic E-state index is 0.103. The van der Waals surface area contributed by atoms with Crippen LogP contribution in [-0.4, -0.2) is 43.3 Å². The zero-order valence-corrected chi connectivity index (χ0v) is 13.6. The van der Waals surface area contributed by atoms with Crippen molar-refractivity contribution in [3.63, 3.8) is 0 Å². The topological polar surface area (TPSA) is 24.5 Å². The van der Waals surface area contributed by atoms with Gasteiger partial charge in [-0.2, -0.15) is 0 Å². The summed E-state index contributed by atoms with van der Waals surface area (Å²) < 4.78 is 19.7. The number of nitrogens with zero attached hydrogens (tertiary/aromatic N) is 1. The molecule has 0 aromatic heterocycles. The maximum absolute atomic E-state index is 13.7. The Hall–Kier alpha value is -1.13. The van der Waals surface area contributed by atoms with Crippen molar-refractivity contribution in [3.05, 3.63) is 29.6 Å². The largest absolute Gasteiger partial charge is 0.384 e. The second kappa shape index (κ2) is 5.18. The number of fused-ring (bicyclic) bond motifs is 4. The van der Waals surface area contributed by atoms with Gasteiger partial charge in [0.25, 0.3) is 0 Å². The molecule has 3 fully saturated rings. The number of ether oxygens (including phenoxy) is 1. The van der Waals surface area contributed by atoms with E-state index in [9.17, 15) is 4.39 Å². The summed E-state index contributed by atoms with van der Waals surface area (Å²) in [5, 5.41) is 3.49. The number of nitrogens with one attached hydrogen (secondary N) is 1. The van der Waals surface area contributed by atoms with E-state index in [1.165, 1.54) is 31.4 Å². The van der Waals surface area contributed by atoms with Gasteiger partial charge in [-0.3, -0.25) is 0 Å². The van der Waals surface area contributed by atoms with Gasteiger partial charge in [-0.25, -0.2) is 4.39 Å². The molecule has 5 rings (SSSR count). The summed E-state index contributed by atoms with van der Waals surface area (Å²) in [6, 6.07) is 5.22. The molecule has 4 aliphatic rings. The Kier molecular flexibility index (Phi) is 3.21. The standard InChI is InChI=1S/C19H25FN2O/c20-14-1-3-17-16(10-14)19(12-21-17)5-7-22(8-6-19)11-13-9-15-2-4-18(13)23-15/h1,3,10,13,15,18,21H,2,4-9,11-12H2/t13-,15-,18-/m1/s1. The van der Waals surface area contributed by atoms with E-state index in [0.29, 0.717) is 12.2 Å². The van der Waals surface area contributed by atoms with E-state index >= 15 is 0 Å². The molecule has 2 bridgehead atoms. The summed E-state index contributed by atoms with van der Waals surface area (Å²) >= 11 is 0. The van der Waals surface area contributed by atoms with Crippen molar-refractivity contribution in [3.8, 4) is 0 Å². The molecule has 3 atom stereocenters. The van der Waals surface area contributed by atoms with Crippen LogP contribution in [0.3, 0.4) is 0 Å². The highest BCUT2D eigenvalue weighted by Crippen LogP contribution is 2.45. The van der Waals surface area contributed by atoms with Gasteiger partial charge in [0.15, 0.2) is 0 Å². The molecule has 0 radical (unpaired) electrons. The van der Waals surface area contributed by atoms with Crippen molar-refractivity contribution in [1.29, 1.82) is 0 Å². The third-order valence-corrected chi connectivity index (χ3v) is 6.71. The molecule has 0 saturated carbocycles. The van der Waals surface area contributed by atoms with Gasteiger partial charge in [0, 0.05) is 30.1 Å². The molecular weight excluding hydrogens is 291 g/mol. The highest BCUT2D eigenvalue weighted by Gasteiger charge is 2.44. The molecule has 0 aliphatic carbocycles. The van der Waals surface area contributed by atoms with E-state index in [4.69, 9.17) is 4.74 Å². The maximum atomic E-state index is 13.7. The average Bonchev–Trinajstić information content (AvgIpc) is 3.25. The van der Waals surface area contributed by atoms with Gasteiger partial charge in [-0.1, -0.05) is 0 Å². The number of likely N-dealkylation sites (tertiary alicyclic amines) is 1. The van der Waals surface area contributed by atoms with Crippen LogP contribution in [0, 0.1) is 11.7 Å². The molecule has 3 nitrogen and oxygen atoms in total. The van der Waals surface area contributed by atoms with Crippen molar-refractivity contribution in [2.75, 3.05) is 31.5 Å². The predicted octanol–water partition coefficient (Wildman–Crippen LogP) is 3.15. The summed E-state index contributed by atoms with van der Waals surface area (Å²) in [6.07, 6.45) is 7.16. The van der Waals surface area contributed by atoms with Crippen LogP contribution in [0.2, 0.25) is 0 Å². The van der Waals surface area contributed by atoms with E-state index in [-0.39, 0.29) is 11.2 Å². The van der Waals surface area contributed by atoms with Crippen molar-refractivity contribution < 1.29 is 9.13 Å². The first-order valence-corrected chi connectivity index (χ1v) is 9.14. The van der Waals surface area contributed by atoms with Gasteiger partial charge >= 0.3 is 0 Å². The number of hydrogen-bond donors (Lipinski definition) is 1. The lowest BCUT2D eigenvalue weighted by atomic mass is 9.74. The second-order valence-corrected chi connectivity index (χ2v) is 7.99. The van der Waals surface area contributed by atoms with Gasteiger partial charge in [-0.05, 0) is 69.0 Å². The predicted molar refractivity (Wildman–Crippen MR) is 88.2 cm³/mol. The van der Waals surface area contributed by atoms with E-state index in [0.717, 1.165) is 44.1 Å². The Bertz CT molecular complexity index is 611. The lowest BCUT2D eigenvalue weighted by Crippen LogP contribution is -2.46. The number of benzene rings is 1. The maximum Gasteiger partial charge on any atom is 0.123 e. The normalized spacial score (nSPS) is 34.7. The van der Waals surface area contributed by atoms with Crippen LogP contribution in [0.25, 0.3) is 0 Å². The molecule has 0 amide bonds. The van der Waals surface area contributed by atoms with Crippen molar-refractivity contribution in [1.82, 2.24) is 4.90 Å². The molecule has 23 heavy (non-hydrogen) atoms. The minimum Gasteiger partial charge on any atom is -0.384 e. The smallest absolute Gasteiger partial charge is 0.123 e. The lowest BCUT2D eigenvalue weighted by Gasteiger charge is -2.40. The first kappa shape index (κ1) is 14.2. The Labute approximate surface area is 137 Å².